The standard InChI is InChI=1S/C15H29N3O4S/c1-8(2)6-9(16)12(19)18-11(15(3,4)5)13(20)17-10(7-23)14(21)22/h8-11,23H,6-7,16H2,1-5H3,(H,17,20)(H,18,19)(H,21,22)/t9-,10-,11+/m0/s1. The molecule has 0 aromatic carbocycles. The van der Waals surface area contributed by atoms with E-state index < -0.39 is 41.3 Å². The van der Waals surface area contributed by atoms with Gasteiger partial charge in [-0.1, -0.05) is 34.6 Å². The van der Waals surface area contributed by atoms with Crippen molar-refractivity contribution in [2.45, 2.75) is 59.2 Å². The van der Waals surface area contributed by atoms with Crippen LogP contribution in [0.1, 0.15) is 41.0 Å². The highest BCUT2D eigenvalue weighted by atomic mass is 32.1. The number of carbonyl (C=O) groups excluding carboxylic acids is 2. The monoisotopic (exact) mass is 347 g/mol. The molecule has 7 nitrogen and oxygen atoms in total. The molecule has 2 amide bonds. The van der Waals surface area contributed by atoms with Gasteiger partial charge in [0, 0.05) is 5.75 Å². The number of rotatable bonds is 8. The van der Waals surface area contributed by atoms with Crippen LogP contribution in [0, 0.1) is 11.3 Å². The lowest BCUT2D eigenvalue weighted by Crippen LogP contribution is -2.59. The van der Waals surface area contributed by atoms with Gasteiger partial charge in [0.1, 0.15) is 12.1 Å². The molecule has 0 aromatic heterocycles. The third-order valence-electron chi connectivity index (χ3n) is 3.27. The molecule has 134 valence electrons. The van der Waals surface area contributed by atoms with E-state index >= 15 is 0 Å². The number of carbonyl (C=O) groups is 3. The smallest absolute Gasteiger partial charge is 0.327 e. The van der Waals surface area contributed by atoms with Crippen molar-refractivity contribution in [3.8, 4) is 0 Å². The Morgan fingerprint density at radius 1 is 1.13 bits per heavy atom. The summed E-state index contributed by atoms with van der Waals surface area (Å²) in [6.45, 7) is 9.24. The van der Waals surface area contributed by atoms with Crippen molar-refractivity contribution in [2.24, 2.45) is 17.1 Å². The largest absolute Gasteiger partial charge is 0.480 e. The van der Waals surface area contributed by atoms with Gasteiger partial charge in [-0.25, -0.2) is 4.79 Å². The van der Waals surface area contributed by atoms with E-state index in [-0.39, 0.29) is 11.7 Å². The molecule has 5 N–H and O–H groups in total. The SMILES string of the molecule is CC(C)C[C@H](N)C(=O)N[C@H](C(=O)N[C@@H](CS)C(=O)O)C(C)(C)C. The lowest BCUT2D eigenvalue weighted by molar-refractivity contribution is -0.142. The Labute approximate surface area is 143 Å². The van der Waals surface area contributed by atoms with Crippen molar-refractivity contribution in [3.05, 3.63) is 0 Å². The van der Waals surface area contributed by atoms with E-state index in [0.29, 0.717) is 6.42 Å². The average molecular weight is 347 g/mol. The molecule has 0 rings (SSSR count). The minimum Gasteiger partial charge on any atom is -0.480 e. The molecule has 23 heavy (non-hydrogen) atoms. The summed E-state index contributed by atoms with van der Waals surface area (Å²) in [7, 11) is 0. The van der Waals surface area contributed by atoms with Crippen LogP contribution in [0.2, 0.25) is 0 Å². The molecule has 0 radical (unpaired) electrons. The maximum absolute atomic E-state index is 12.4. The van der Waals surface area contributed by atoms with E-state index in [4.69, 9.17) is 10.8 Å². The Bertz CT molecular complexity index is 435. The molecule has 0 aliphatic rings. The van der Waals surface area contributed by atoms with E-state index in [9.17, 15) is 14.4 Å². The molecule has 0 spiro atoms. The first-order valence-corrected chi connectivity index (χ1v) is 8.23. The number of aliphatic carboxylic acids is 1. The molecule has 0 fully saturated rings. The summed E-state index contributed by atoms with van der Waals surface area (Å²) in [6, 6.07) is -2.72. The van der Waals surface area contributed by atoms with Crippen molar-refractivity contribution in [2.75, 3.05) is 5.75 Å². The fourth-order valence-corrected chi connectivity index (χ4v) is 2.23. The van der Waals surface area contributed by atoms with Crippen molar-refractivity contribution < 1.29 is 19.5 Å². The fraction of sp³-hybridized carbons (Fsp3) is 0.800. The van der Waals surface area contributed by atoms with Crippen LogP contribution in [0.15, 0.2) is 0 Å². The van der Waals surface area contributed by atoms with Gasteiger partial charge in [-0.05, 0) is 17.8 Å². The maximum Gasteiger partial charge on any atom is 0.327 e. The second-order valence-corrected chi connectivity index (χ2v) is 7.49. The fourth-order valence-electron chi connectivity index (χ4n) is 1.98. The summed E-state index contributed by atoms with van der Waals surface area (Å²) in [5.41, 5.74) is 5.24. The summed E-state index contributed by atoms with van der Waals surface area (Å²) in [5, 5.41) is 14.0. The number of amides is 2. The van der Waals surface area contributed by atoms with Crippen LogP contribution in [0.5, 0.6) is 0 Å². The van der Waals surface area contributed by atoms with E-state index in [1.54, 1.807) is 20.8 Å². The third kappa shape index (κ3) is 7.69. The second-order valence-electron chi connectivity index (χ2n) is 7.13. The first kappa shape index (κ1) is 21.7. The van der Waals surface area contributed by atoms with E-state index in [1.165, 1.54) is 0 Å². The maximum atomic E-state index is 12.4. The summed E-state index contributed by atoms with van der Waals surface area (Å²) >= 11 is 3.91. The molecule has 0 saturated carbocycles. The van der Waals surface area contributed by atoms with E-state index in [2.05, 4.69) is 23.3 Å². The summed E-state index contributed by atoms with van der Waals surface area (Å²) in [5.74, 6) is -1.96. The molecule has 0 saturated heterocycles. The molecule has 3 atom stereocenters. The normalized spacial score (nSPS) is 15.7. The number of nitrogens with two attached hydrogens (primary N) is 1. The molecule has 0 aliphatic carbocycles. The summed E-state index contributed by atoms with van der Waals surface area (Å²) in [6.07, 6.45) is 0.499. The lowest BCUT2D eigenvalue weighted by Gasteiger charge is -2.32. The summed E-state index contributed by atoms with van der Waals surface area (Å²) in [4.78, 5) is 35.6. The van der Waals surface area contributed by atoms with Crippen LogP contribution in [0.25, 0.3) is 0 Å². The third-order valence-corrected chi connectivity index (χ3v) is 3.64. The first-order chi connectivity index (χ1) is 10.4. The molecule has 0 bridgehead atoms. The Hall–Kier alpha value is -1.28. The molecule has 0 unspecified atom stereocenters. The first-order valence-electron chi connectivity index (χ1n) is 7.60. The van der Waals surface area contributed by atoms with Crippen molar-refractivity contribution in [1.29, 1.82) is 0 Å². The van der Waals surface area contributed by atoms with Crippen molar-refractivity contribution in [1.82, 2.24) is 10.6 Å². The number of nitrogens with one attached hydrogen (secondary N) is 2. The van der Waals surface area contributed by atoms with Crippen LogP contribution in [-0.2, 0) is 14.4 Å². The predicted molar refractivity (Wildman–Crippen MR) is 92.2 cm³/mol. The Balaban J connectivity index is 5.06. The van der Waals surface area contributed by atoms with Crippen LogP contribution >= 0.6 is 12.6 Å². The predicted octanol–water partition coefficient (Wildman–Crippen LogP) is 0.390. The number of carboxylic acid groups (broad SMARTS) is 1. The topological polar surface area (TPSA) is 122 Å². The van der Waals surface area contributed by atoms with Gasteiger partial charge in [0.25, 0.3) is 0 Å². The number of thiol groups is 1. The number of carboxylic acids is 1. The molecular weight excluding hydrogens is 318 g/mol. The molecule has 0 heterocycles. The molecule has 0 aliphatic heterocycles. The van der Waals surface area contributed by atoms with E-state index in [1.807, 2.05) is 13.8 Å². The molecule has 8 heteroatoms. The molecule has 0 aromatic rings. The van der Waals surface area contributed by atoms with Gasteiger partial charge in [0.2, 0.25) is 11.8 Å². The number of hydrogen-bond donors (Lipinski definition) is 5. The van der Waals surface area contributed by atoms with Crippen molar-refractivity contribution in [3.63, 3.8) is 0 Å². The van der Waals surface area contributed by atoms with Crippen molar-refractivity contribution >= 4 is 30.4 Å². The van der Waals surface area contributed by atoms with Gasteiger partial charge in [-0.3, -0.25) is 9.59 Å². The Morgan fingerprint density at radius 2 is 1.65 bits per heavy atom. The molecular formula is C15H29N3O4S. The number of hydrogen-bond acceptors (Lipinski definition) is 5. The van der Waals surface area contributed by atoms with Gasteiger partial charge in [0.15, 0.2) is 0 Å². The van der Waals surface area contributed by atoms with Crippen LogP contribution in [0.3, 0.4) is 0 Å². The van der Waals surface area contributed by atoms with Crippen LogP contribution < -0.4 is 16.4 Å². The zero-order valence-corrected chi connectivity index (χ0v) is 15.3. The Kier molecular flexibility index (Phi) is 8.61. The summed E-state index contributed by atoms with van der Waals surface area (Å²) < 4.78 is 0. The van der Waals surface area contributed by atoms with E-state index in [0.717, 1.165) is 0 Å². The zero-order chi connectivity index (χ0) is 18.4. The highest BCUT2D eigenvalue weighted by Gasteiger charge is 2.35. The van der Waals surface area contributed by atoms with Gasteiger partial charge >= 0.3 is 5.97 Å². The zero-order valence-electron chi connectivity index (χ0n) is 14.4. The Morgan fingerprint density at radius 3 is 2.00 bits per heavy atom. The second kappa shape index (κ2) is 9.12. The van der Waals surface area contributed by atoms with Crippen LogP contribution in [0.4, 0.5) is 0 Å². The minimum atomic E-state index is -1.18. The highest BCUT2D eigenvalue weighted by Crippen LogP contribution is 2.20. The lowest BCUT2D eigenvalue weighted by atomic mass is 9.85. The van der Waals surface area contributed by atoms with Gasteiger partial charge in [-0.15, -0.1) is 0 Å². The van der Waals surface area contributed by atoms with Gasteiger partial charge in [0.05, 0.1) is 6.04 Å². The van der Waals surface area contributed by atoms with Gasteiger partial charge in [-0.2, -0.15) is 12.6 Å². The van der Waals surface area contributed by atoms with Gasteiger partial charge < -0.3 is 21.5 Å². The highest BCUT2D eigenvalue weighted by molar-refractivity contribution is 7.80. The van der Waals surface area contributed by atoms with Crippen LogP contribution in [-0.4, -0.2) is 46.8 Å². The quantitative estimate of drug-likeness (QED) is 0.407. The minimum absolute atomic E-state index is 0.0429. The average Bonchev–Trinajstić information content (AvgIpc) is 2.38.